The molecule has 0 aromatic heterocycles. The summed E-state index contributed by atoms with van der Waals surface area (Å²) in [5, 5.41) is 32.9. The number of aliphatic hydroxyl groups is 3. The summed E-state index contributed by atoms with van der Waals surface area (Å²) in [7, 11) is 0. The summed E-state index contributed by atoms with van der Waals surface area (Å²) >= 11 is 0. The van der Waals surface area contributed by atoms with E-state index in [4.69, 9.17) is 25.2 Å². The maximum atomic E-state index is 8.89. The first-order valence-electron chi connectivity index (χ1n) is 2.62. The number of aliphatic carboxylic acids is 1. The molecule has 0 aliphatic carbocycles. The number of aliphatic hydroxyl groups excluding tert-OH is 3. The van der Waals surface area contributed by atoms with Crippen molar-refractivity contribution in [2.45, 2.75) is 13.0 Å². The van der Waals surface area contributed by atoms with E-state index in [2.05, 4.69) is 0 Å². The van der Waals surface area contributed by atoms with Crippen LogP contribution in [0.25, 0.3) is 0 Å². The van der Waals surface area contributed by atoms with Gasteiger partial charge in [-0.05, 0) is 6.92 Å². The Hall–Kier alpha value is 0.350. The summed E-state index contributed by atoms with van der Waals surface area (Å²) < 4.78 is 0. The van der Waals surface area contributed by atoms with E-state index in [1.54, 1.807) is 0 Å². The minimum absolute atomic E-state index is 0. The summed E-state index contributed by atoms with van der Waals surface area (Å²) in [5.74, 6) is -1.08. The third-order valence-corrected chi connectivity index (χ3v) is 0.421. The molecular weight excluding hydrogens is 163 g/mol. The molecule has 0 amide bonds. The minimum atomic E-state index is -1.08. The van der Waals surface area contributed by atoms with E-state index in [0.717, 1.165) is 6.92 Å². The molecule has 0 bridgehead atoms. The SMILES string of the molecule is CC(=O)[O-].OCC(O)CO.[Na+]. The van der Waals surface area contributed by atoms with Gasteiger partial charge in [0, 0.05) is 5.97 Å². The van der Waals surface area contributed by atoms with Crippen molar-refractivity contribution in [2.75, 3.05) is 13.2 Å². The second kappa shape index (κ2) is 13.0. The van der Waals surface area contributed by atoms with E-state index in [1.807, 2.05) is 0 Å². The number of carboxylic acid groups (broad SMARTS) is 1. The zero-order valence-corrected chi connectivity index (χ0v) is 8.65. The van der Waals surface area contributed by atoms with Crippen LogP contribution < -0.4 is 34.7 Å². The third kappa shape index (κ3) is 38.1. The second-order valence-corrected chi connectivity index (χ2v) is 1.51. The molecular formula is C5H11NaO5. The first kappa shape index (κ1) is 17.4. The van der Waals surface area contributed by atoms with Crippen LogP contribution in [0.4, 0.5) is 0 Å². The van der Waals surface area contributed by atoms with Crippen LogP contribution >= 0.6 is 0 Å². The molecule has 0 fully saturated rings. The Bertz CT molecular complexity index is 78.9. The molecule has 3 N–H and O–H groups in total. The largest absolute Gasteiger partial charge is 1.00 e. The van der Waals surface area contributed by atoms with E-state index in [-0.39, 0.29) is 42.8 Å². The molecule has 0 saturated carbocycles. The van der Waals surface area contributed by atoms with Crippen LogP contribution in [0, 0.1) is 0 Å². The Morgan fingerprint density at radius 1 is 1.45 bits per heavy atom. The summed E-state index contributed by atoms with van der Waals surface area (Å²) in [5.41, 5.74) is 0. The van der Waals surface area contributed by atoms with Crippen LogP contribution in [0.3, 0.4) is 0 Å². The quantitative estimate of drug-likeness (QED) is 0.362. The van der Waals surface area contributed by atoms with Crippen LogP contribution in [0.15, 0.2) is 0 Å². The molecule has 62 valence electrons. The van der Waals surface area contributed by atoms with Crippen LogP contribution in [-0.2, 0) is 4.79 Å². The number of hydrogen-bond acceptors (Lipinski definition) is 5. The summed E-state index contributed by atoms with van der Waals surface area (Å²) in [6.45, 7) is 0.243. The van der Waals surface area contributed by atoms with Gasteiger partial charge in [0.25, 0.3) is 0 Å². The Kier molecular flexibility index (Phi) is 20.6. The van der Waals surface area contributed by atoms with Crippen molar-refractivity contribution in [1.82, 2.24) is 0 Å². The predicted molar refractivity (Wildman–Crippen MR) is 30.9 cm³/mol. The molecule has 0 aliphatic heterocycles. The molecule has 0 radical (unpaired) electrons. The molecule has 0 atom stereocenters. The molecule has 0 spiro atoms. The Morgan fingerprint density at radius 3 is 1.64 bits per heavy atom. The van der Waals surface area contributed by atoms with E-state index in [1.165, 1.54) is 0 Å². The molecule has 0 aromatic carbocycles. The smallest absolute Gasteiger partial charge is 0.550 e. The fourth-order valence-corrected chi connectivity index (χ4v) is 0.0577. The van der Waals surface area contributed by atoms with Crippen molar-refractivity contribution in [1.29, 1.82) is 0 Å². The van der Waals surface area contributed by atoms with Crippen LogP contribution in [-0.4, -0.2) is 40.6 Å². The molecule has 6 heteroatoms. The number of carbonyl (C=O) groups is 1. The van der Waals surface area contributed by atoms with Crippen LogP contribution in [0.2, 0.25) is 0 Å². The summed E-state index contributed by atoms with van der Waals surface area (Å²) in [4.78, 5) is 8.89. The van der Waals surface area contributed by atoms with E-state index in [0.29, 0.717) is 0 Å². The molecule has 0 saturated heterocycles. The zero-order chi connectivity index (χ0) is 8.57. The topological polar surface area (TPSA) is 101 Å². The van der Waals surface area contributed by atoms with Gasteiger partial charge in [-0.2, -0.15) is 0 Å². The zero-order valence-electron chi connectivity index (χ0n) is 6.65. The summed E-state index contributed by atoms with van der Waals surface area (Å²) in [6, 6.07) is 0. The second-order valence-electron chi connectivity index (χ2n) is 1.51. The van der Waals surface area contributed by atoms with Gasteiger partial charge >= 0.3 is 29.6 Å². The van der Waals surface area contributed by atoms with Gasteiger partial charge < -0.3 is 25.2 Å². The van der Waals surface area contributed by atoms with Crippen molar-refractivity contribution in [3.8, 4) is 0 Å². The van der Waals surface area contributed by atoms with E-state index < -0.39 is 12.1 Å². The Labute approximate surface area is 87.0 Å². The molecule has 0 aromatic rings. The van der Waals surface area contributed by atoms with Crippen molar-refractivity contribution in [3.63, 3.8) is 0 Å². The maximum Gasteiger partial charge on any atom is 1.00 e. The fraction of sp³-hybridized carbons (Fsp3) is 0.800. The first-order valence-corrected chi connectivity index (χ1v) is 2.62. The number of hydrogen-bond donors (Lipinski definition) is 3. The average molecular weight is 174 g/mol. The van der Waals surface area contributed by atoms with Gasteiger partial charge in [-0.1, -0.05) is 0 Å². The molecule has 0 heterocycles. The number of rotatable bonds is 2. The van der Waals surface area contributed by atoms with Crippen molar-refractivity contribution in [3.05, 3.63) is 0 Å². The standard InChI is InChI=1S/C3H8O3.C2H4O2.Na/c4-1-3(6)2-5;1-2(3)4;/h3-6H,1-2H2;1H3,(H,3,4);/q;;+1/p-1. The van der Waals surface area contributed by atoms with Gasteiger partial charge in [0.2, 0.25) is 0 Å². The monoisotopic (exact) mass is 174 g/mol. The number of carboxylic acids is 1. The Morgan fingerprint density at radius 2 is 1.64 bits per heavy atom. The molecule has 5 nitrogen and oxygen atoms in total. The Balaban J connectivity index is -0.000000114. The van der Waals surface area contributed by atoms with E-state index in [9.17, 15) is 0 Å². The maximum absolute atomic E-state index is 8.89. The average Bonchev–Trinajstić information content (AvgIpc) is 1.85. The van der Waals surface area contributed by atoms with E-state index >= 15 is 0 Å². The normalized spacial score (nSPS) is 7.73. The summed E-state index contributed by atoms with van der Waals surface area (Å²) in [6.07, 6.45) is -0.954. The van der Waals surface area contributed by atoms with Crippen LogP contribution in [0.5, 0.6) is 0 Å². The number of carbonyl (C=O) groups excluding carboxylic acids is 1. The van der Waals surface area contributed by atoms with Gasteiger partial charge in [-0.25, -0.2) is 0 Å². The van der Waals surface area contributed by atoms with Crippen molar-refractivity contribution in [2.24, 2.45) is 0 Å². The minimum Gasteiger partial charge on any atom is -0.550 e. The predicted octanol–water partition coefficient (Wildman–Crippen LogP) is -5.91. The molecule has 0 aliphatic rings. The van der Waals surface area contributed by atoms with Crippen LogP contribution in [0.1, 0.15) is 6.92 Å². The molecule has 0 unspecified atom stereocenters. The van der Waals surface area contributed by atoms with Gasteiger partial charge in [0.15, 0.2) is 0 Å². The third-order valence-electron chi connectivity index (χ3n) is 0.421. The van der Waals surface area contributed by atoms with Crippen molar-refractivity contribution >= 4 is 5.97 Å². The molecule has 0 rings (SSSR count). The van der Waals surface area contributed by atoms with Gasteiger partial charge in [-0.3, -0.25) is 0 Å². The van der Waals surface area contributed by atoms with Gasteiger partial charge in [0.05, 0.1) is 13.2 Å². The fourth-order valence-electron chi connectivity index (χ4n) is 0.0577. The first-order chi connectivity index (χ1) is 4.54. The van der Waals surface area contributed by atoms with Crippen molar-refractivity contribution < 1.29 is 54.8 Å². The molecule has 11 heavy (non-hydrogen) atoms. The van der Waals surface area contributed by atoms with Gasteiger partial charge in [0.1, 0.15) is 6.10 Å². The van der Waals surface area contributed by atoms with Gasteiger partial charge in [-0.15, -0.1) is 0 Å².